The zero-order valence-corrected chi connectivity index (χ0v) is 10.4. The van der Waals surface area contributed by atoms with E-state index in [0.717, 1.165) is 16.3 Å². The number of aromatic amines is 1. The number of hydrogen-bond acceptors (Lipinski definition) is 4. The Morgan fingerprint density at radius 3 is 2.71 bits per heavy atom. The van der Waals surface area contributed by atoms with Gasteiger partial charge < -0.3 is 10.7 Å². The van der Waals surface area contributed by atoms with Crippen LogP contribution >= 0.6 is 11.3 Å². The zero-order chi connectivity index (χ0) is 12.0. The van der Waals surface area contributed by atoms with Gasteiger partial charge in [0.25, 0.3) is 0 Å². The lowest BCUT2D eigenvalue weighted by Gasteiger charge is -2.00. The summed E-state index contributed by atoms with van der Waals surface area (Å²) in [5.74, 6) is 0. The molecule has 0 radical (unpaired) electrons. The third-order valence-corrected chi connectivity index (χ3v) is 3.55. The predicted octanol–water partition coefficient (Wildman–Crippen LogP) is 2.89. The fourth-order valence-corrected chi connectivity index (χ4v) is 2.64. The Morgan fingerprint density at radius 1 is 1.18 bits per heavy atom. The summed E-state index contributed by atoms with van der Waals surface area (Å²) in [6.07, 6.45) is 0. The minimum absolute atomic E-state index is 0.503. The van der Waals surface area contributed by atoms with Gasteiger partial charge >= 0.3 is 0 Å². The maximum Gasteiger partial charge on any atom is 0.203 e. The average molecular weight is 244 g/mol. The first-order valence-electron chi connectivity index (χ1n) is 5.33. The second-order valence-corrected chi connectivity index (χ2v) is 5.16. The van der Waals surface area contributed by atoms with Crippen molar-refractivity contribution in [3.8, 4) is 10.6 Å². The number of H-pyrrole nitrogens is 1. The van der Waals surface area contributed by atoms with Gasteiger partial charge in [-0.2, -0.15) is 0 Å². The standard InChI is InChI=1S/C12H12N4S/c1-6-3-9(11-15-16-12(13)17-11)5-8-4-7(2)14-10(6)8/h3-5,14H,1-2H3,(H2,13,16). The Balaban J connectivity index is 2.24. The van der Waals surface area contributed by atoms with Crippen molar-refractivity contribution in [1.29, 1.82) is 0 Å². The molecule has 0 fully saturated rings. The first kappa shape index (κ1) is 10.3. The number of nitrogens with one attached hydrogen (secondary N) is 1. The third kappa shape index (κ3) is 1.68. The molecule has 4 nitrogen and oxygen atoms in total. The second kappa shape index (κ2) is 3.56. The van der Waals surface area contributed by atoms with Crippen molar-refractivity contribution >= 4 is 27.4 Å². The number of nitrogen functional groups attached to an aromatic ring is 1. The van der Waals surface area contributed by atoms with Gasteiger partial charge in [0.05, 0.1) is 0 Å². The molecule has 3 aromatic rings. The van der Waals surface area contributed by atoms with Crippen LogP contribution in [0.25, 0.3) is 21.5 Å². The molecular weight excluding hydrogens is 232 g/mol. The summed E-state index contributed by atoms with van der Waals surface area (Å²) in [5, 5.41) is 10.5. The molecule has 0 aliphatic carbocycles. The second-order valence-electron chi connectivity index (χ2n) is 4.16. The van der Waals surface area contributed by atoms with E-state index in [4.69, 9.17) is 5.73 Å². The lowest BCUT2D eigenvalue weighted by Crippen LogP contribution is -1.82. The number of hydrogen-bond donors (Lipinski definition) is 2. The Kier molecular flexibility index (Phi) is 2.16. The highest BCUT2D eigenvalue weighted by atomic mass is 32.1. The molecule has 0 spiro atoms. The van der Waals surface area contributed by atoms with Crippen LogP contribution in [0.3, 0.4) is 0 Å². The van der Waals surface area contributed by atoms with Crippen LogP contribution in [0.1, 0.15) is 11.3 Å². The fraction of sp³-hybridized carbons (Fsp3) is 0.167. The van der Waals surface area contributed by atoms with Crippen molar-refractivity contribution in [3.05, 3.63) is 29.5 Å². The number of anilines is 1. The largest absolute Gasteiger partial charge is 0.374 e. The summed E-state index contributed by atoms with van der Waals surface area (Å²) in [5.41, 5.74) is 10.2. The van der Waals surface area contributed by atoms with Crippen molar-refractivity contribution in [1.82, 2.24) is 15.2 Å². The van der Waals surface area contributed by atoms with Gasteiger partial charge in [0.1, 0.15) is 5.01 Å². The molecule has 0 saturated carbocycles. The third-order valence-electron chi connectivity index (χ3n) is 2.75. The van der Waals surface area contributed by atoms with Crippen LogP contribution in [0.2, 0.25) is 0 Å². The number of benzene rings is 1. The molecule has 3 N–H and O–H groups in total. The van der Waals surface area contributed by atoms with E-state index in [2.05, 4.69) is 47.2 Å². The van der Waals surface area contributed by atoms with Gasteiger partial charge in [-0.1, -0.05) is 11.3 Å². The van der Waals surface area contributed by atoms with Gasteiger partial charge in [-0.05, 0) is 37.6 Å². The van der Waals surface area contributed by atoms with E-state index in [-0.39, 0.29) is 0 Å². The summed E-state index contributed by atoms with van der Waals surface area (Å²) >= 11 is 1.41. The number of rotatable bonds is 1. The maximum atomic E-state index is 5.61. The Labute approximate surface area is 102 Å². The molecule has 17 heavy (non-hydrogen) atoms. The van der Waals surface area contributed by atoms with Gasteiger partial charge in [0, 0.05) is 22.2 Å². The SMILES string of the molecule is Cc1cc2cc(-c3nnc(N)s3)cc(C)c2[nH]1. The molecular formula is C12H12N4S. The van der Waals surface area contributed by atoms with Gasteiger partial charge in [-0.15, -0.1) is 10.2 Å². The van der Waals surface area contributed by atoms with Crippen molar-refractivity contribution in [2.24, 2.45) is 0 Å². The predicted molar refractivity (Wildman–Crippen MR) is 71.1 cm³/mol. The quantitative estimate of drug-likeness (QED) is 0.691. The topological polar surface area (TPSA) is 67.6 Å². The summed E-state index contributed by atoms with van der Waals surface area (Å²) in [7, 11) is 0. The summed E-state index contributed by atoms with van der Waals surface area (Å²) in [6.45, 7) is 4.15. The first-order valence-corrected chi connectivity index (χ1v) is 6.14. The van der Waals surface area contributed by atoms with Gasteiger partial charge in [-0.25, -0.2) is 0 Å². The van der Waals surface area contributed by atoms with Crippen LogP contribution in [0.15, 0.2) is 18.2 Å². The van der Waals surface area contributed by atoms with E-state index in [9.17, 15) is 0 Å². The number of nitrogens with two attached hydrogens (primary N) is 1. The monoisotopic (exact) mass is 244 g/mol. The average Bonchev–Trinajstić information content (AvgIpc) is 2.83. The van der Waals surface area contributed by atoms with E-state index in [1.54, 1.807) is 0 Å². The lowest BCUT2D eigenvalue weighted by molar-refractivity contribution is 1.10. The number of fused-ring (bicyclic) bond motifs is 1. The van der Waals surface area contributed by atoms with Crippen LogP contribution in [0.4, 0.5) is 5.13 Å². The van der Waals surface area contributed by atoms with Crippen LogP contribution in [0, 0.1) is 13.8 Å². The minimum Gasteiger partial charge on any atom is -0.374 e. The smallest absolute Gasteiger partial charge is 0.203 e. The van der Waals surface area contributed by atoms with Crippen molar-refractivity contribution in [3.63, 3.8) is 0 Å². The summed E-state index contributed by atoms with van der Waals surface area (Å²) in [6, 6.07) is 6.36. The maximum absolute atomic E-state index is 5.61. The molecule has 0 amide bonds. The highest BCUT2D eigenvalue weighted by molar-refractivity contribution is 7.18. The zero-order valence-electron chi connectivity index (χ0n) is 9.61. The van der Waals surface area contributed by atoms with Gasteiger partial charge in [0.2, 0.25) is 5.13 Å². The fourth-order valence-electron chi connectivity index (χ4n) is 2.04. The van der Waals surface area contributed by atoms with Gasteiger partial charge in [-0.3, -0.25) is 0 Å². The summed E-state index contributed by atoms with van der Waals surface area (Å²) in [4.78, 5) is 3.35. The molecule has 0 aliphatic heterocycles. The molecule has 0 unspecified atom stereocenters. The highest BCUT2D eigenvalue weighted by Crippen LogP contribution is 2.30. The molecule has 2 heterocycles. The number of aromatic nitrogens is 3. The molecule has 0 bridgehead atoms. The Morgan fingerprint density at radius 2 is 2.00 bits per heavy atom. The van der Waals surface area contributed by atoms with E-state index >= 15 is 0 Å². The molecule has 2 aromatic heterocycles. The van der Waals surface area contributed by atoms with Crippen LogP contribution in [0.5, 0.6) is 0 Å². The van der Waals surface area contributed by atoms with Crippen molar-refractivity contribution in [2.45, 2.75) is 13.8 Å². The van der Waals surface area contributed by atoms with E-state index in [1.807, 2.05) is 0 Å². The van der Waals surface area contributed by atoms with Crippen LogP contribution < -0.4 is 5.73 Å². The van der Waals surface area contributed by atoms with E-state index in [0.29, 0.717) is 5.13 Å². The van der Waals surface area contributed by atoms with Crippen molar-refractivity contribution < 1.29 is 0 Å². The molecule has 0 saturated heterocycles. The van der Waals surface area contributed by atoms with E-state index in [1.165, 1.54) is 27.8 Å². The number of nitrogens with zero attached hydrogens (tertiary/aromatic N) is 2. The number of aryl methyl sites for hydroxylation is 2. The van der Waals surface area contributed by atoms with Crippen molar-refractivity contribution in [2.75, 3.05) is 5.73 Å². The van der Waals surface area contributed by atoms with Crippen LogP contribution in [-0.2, 0) is 0 Å². The molecule has 0 aliphatic rings. The lowest BCUT2D eigenvalue weighted by atomic mass is 10.1. The summed E-state index contributed by atoms with van der Waals surface area (Å²) < 4.78 is 0. The molecule has 3 rings (SSSR count). The highest BCUT2D eigenvalue weighted by Gasteiger charge is 2.08. The Bertz CT molecular complexity index is 696. The Hall–Kier alpha value is -1.88. The molecule has 86 valence electrons. The van der Waals surface area contributed by atoms with Crippen LogP contribution in [-0.4, -0.2) is 15.2 Å². The minimum atomic E-state index is 0.503. The molecule has 0 atom stereocenters. The molecule has 5 heteroatoms. The van der Waals surface area contributed by atoms with E-state index < -0.39 is 0 Å². The normalized spacial score (nSPS) is 11.2. The first-order chi connectivity index (χ1) is 8.13. The molecule has 1 aromatic carbocycles. The van der Waals surface area contributed by atoms with Gasteiger partial charge in [0.15, 0.2) is 0 Å².